The molecule has 0 aliphatic carbocycles. The molecule has 1 aromatic rings. The molecule has 1 aromatic carbocycles. The first-order valence-corrected chi connectivity index (χ1v) is 10.1. The Bertz CT molecular complexity index is 623. The van der Waals surface area contributed by atoms with Gasteiger partial charge >= 0.3 is 0 Å². The number of nitrogens with two attached hydrogens (primary N) is 1. The number of rotatable bonds is 7. The van der Waals surface area contributed by atoms with Crippen LogP contribution in [0.4, 0.5) is 0 Å². The summed E-state index contributed by atoms with van der Waals surface area (Å²) in [6.07, 6.45) is 0.858. The van der Waals surface area contributed by atoms with Gasteiger partial charge in [0.15, 0.2) is 12.6 Å². The fourth-order valence-corrected chi connectivity index (χ4v) is 3.93. The van der Waals surface area contributed by atoms with E-state index in [4.69, 9.17) is 15.5 Å². The fourth-order valence-electron chi connectivity index (χ4n) is 2.82. The van der Waals surface area contributed by atoms with E-state index in [1.54, 1.807) is 0 Å². The summed E-state index contributed by atoms with van der Waals surface area (Å²) in [4.78, 5) is 17.9. The molecule has 1 aliphatic rings. The summed E-state index contributed by atoms with van der Waals surface area (Å²) in [5.41, 5.74) is 6.26. The number of thioether (sulfide) groups is 1. The fraction of sp³-hybridized carbons (Fsp3) is 0.579. The van der Waals surface area contributed by atoms with Gasteiger partial charge < -0.3 is 20.7 Å². The molecule has 6 nitrogen and oxygen atoms in total. The molecule has 0 saturated carbocycles. The number of ether oxygens (including phenoxy) is 1. The molecule has 1 aliphatic heterocycles. The number of aliphatic imine (C=N–C) groups is 1. The summed E-state index contributed by atoms with van der Waals surface area (Å²) < 4.78 is 5.53. The van der Waals surface area contributed by atoms with E-state index in [1.807, 2.05) is 36.0 Å². The van der Waals surface area contributed by atoms with Crippen LogP contribution in [0.1, 0.15) is 26.3 Å². The zero-order valence-electron chi connectivity index (χ0n) is 16.4. The van der Waals surface area contributed by atoms with Crippen LogP contribution >= 0.6 is 35.7 Å². The second-order valence-electron chi connectivity index (χ2n) is 6.91. The van der Waals surface area contributed by atoms with Gasteiger partial charge in [0.05, 0.1) is 0 Å². The molecule has 2 rings (SSSR count). The minimum atomic E-state index is -0.473. The number of nitrogens with one attached hydrogen (secondary N) is 1. The molecule has 1 fully saturated rings. The van der Waals surface area contributed by atoms with Crippen molar-refractivity contribution in [3.63, 3.8) is 0 Å². The van der Waals surface area contributed by atoms with Crippen molar-refractivity contribution >= 4 is 47.6 Å². The van der Waals surface area contributed by atoms with Crippen molar-refractivity contribution in [1.29, 1.82) is 0 Å². The maximum atomic E-state index is 10.7. The van der Waals surface area contributed by atoms with Crippen LogP contribution in [-0.2, 0) is 11.2 Å². The third kappa shape index (κ3) is 8.59. The van der Waals surface area contributed by atoms with Crippen molar-refractivity contribution in [2.24, 2.45) is 10.7 Å². The van der Waals surface area contributed by atoms with Crippen molar-refractivity contribution in [3.05, 3.63) is 29.8 Å². The quantitative estimate of drug-likeness (QED) is 0.338. The molecular formula is C19H31IN4O2S. The topological polar surface area (TPSA) is 80.0 Å². The summed E-state index contributed by atoms with van der Waals surface area (Å²) in [6.45, 7) is 10.2. The van der Waals surface area contributed by atoms with Crippen molar-refractivity contribution < 1.29 is 9.53 Å². The second kappa shape index (κ2) is 11.6. The Labute approximate surface area is 183 Å². The maximum Gasteiger partial charge on any atom is 0.255 e. The molecular weight excluding hydrogens is 475 g/mol. The predicted octanol–water partition coefficient (Wildman–Crippen LogP) is 2.50. The lowest BCUT2D eigenvalue weighted by Gasteiger charge is -2.39. The van der Waals surface area contributed by atoms with E-state index in [2.05, 4.69) is 31.0 Å². The summed E-state index contributed by atoms with van der Waals surface area (Å²) >= 11 is 2.02. The predicted molar refractivity (Wildman–Crippen MR) is 124 cm³/mol. The highest BCUT2D eigenvalue weighted by Gasteiger charge is 2.28. The first kappa shape index (κ1) is 23.9. The van der Waals surface area contributed by atoms with E-state index >= 15 is 0 Å². The average Bonchev–Trinajstić information content (AvgIpc) is 2.59. The molecule has 0 bridgehead atoms. The Morgan fingerprint density at radius 3 is 2.67 bits per heavy atom. The van der Waals surface area contributed by atoms with Crippen molar-refractivity contribution in [2.45, 2.75) is 31.9 Å². The van der Waals surface area contributed by atoms with Crippen LogP contribution in [0.2, 0.25) is 0 Å². The number of carbonyl (C=O) groups excluding carboxylic acids is 1. The van der Waals surface area contributed by atoms with E-state index in [0.29, 0.717) is 5.75 Å². The monoisotopic (exact) mass is 506 g/mol. The summed E-state index contributed by atoms with van der Waals surface area (Å²) in [5.74, 6) is 2.31. The molecule has 3 N–H and O–H groups in total. The molecule has 1 heterocycles. The van der Waals surface area contributed by atoms with Gasteiger partial charge in [-0.25, -0.2) is 0 Å². The molecule has 27 heavy (non-hydrogen) atoms. The van der Waals surface area contributed by atoms with Gasteiger partial charge in [0.2, 0.25) is 0 Å². The number of nitrogens with zero attached hydrogens (tertiary/aromatic N) is 2. The molecule has 8 heteroatoms. The van der Waals surface area contributed by atoms with Crippen LogP contribution in [0, 0.1) is 0 Å². The van der Waals surface area contributed by atoms with Crippen LogP contribution in [0.3, 0.4) is 0 Å². The van der Waals surface area contributed by atoms with Gasteiger partial charge in [-0.05, 0) is 44.9 Å². The van der Waals surface area contributed by atoms with Crippen LogP contribution < -0.4 is 15.8 Å². The normalized spacial score (nSPS) is 16.4. The molecule has 0 unspecified atom stereocenters. The molecule has 0 radical (unpaired) electrons. The van der Waals surface area contributed by atoms with Gasteiger partial charge in [-0.1, -0.05) is 12.1 Å². The maximum absolute atomic E-state index is 10.7. The number of amides is 1. The molecule has 0 atom stereocenters. The van der Waals surface area contributed by atoms with E-state index in [-0.39, 0.29) is 35.3 Å². The standard InChI is InChI=1S/C19H30N4O2S.HI/c1-4-21-18(23-11-12-26-19(2,3)14-23)22-10-9-15-5-7-16(8-6-15)25-13-17(20)24;/h5-8H,4,9-14H2,1-3H3,(H2,20,24)(H,21,22);1H. The van der Waals surface area contributed by atoms with Gasteiger partial charge in [0.25, 0.3) is 5.91 Å². The zero-order chi connectivity index (χ0) is 19.0. The van der Waals surface area contributed by atoms with Crippen molar-refractivity contribution in [2.75, 3.05) is 38.5 Å². The Morgan fingerprint density at radius 2 is 2.07 bits per heavy atom. The highest BCUT2D eigenvalue weighted by Crippen LogP contribution is 2.29. The van der Waals surface area contributed by atoms with Crippen LogP contribution in [0.5, 0.6) is 5.75 Å². The number of hydrogen-bond acceptors (Lipinski definition) is 4. The highest BCUT2D eigenvalue weighted by atomic mass is 127. The first-order valence-electron chi connectivity index (χ1n) is 9.07. The summed E-state index contributed by atoms with van der Waals surface area (Å²) in [6, 6.07) is 7.72. The number of carbonyl (C=O) groups is 1. The third-order valence-corrected chi connectivity index (χ3v) is 5.32. The Balaban J connectivity index is 0.00000364. The van der Waals surface area contributed by atoms with Crippen LogP contribution in [0.15, 0.2) is 29.3 Å². The summed E-state index contributed by atoms with van der Waals surface area (Å²) in [5, 5.41) is 3.42. The SMILES string of the molecule is CCNC(=NCCc1ccc(OCC(N)=O)cc1)N1CCSC(C)(C)C1.I. The van der Waals surface area contributed by atoms with E-state index in [9.17, 15) is 4.79 Å². The summed E-state index contributed by atoms with van der Waals surface area (Å²) in [7, 11) is 0. The second-order valence-corrected chi connectivity index (χ2v) is 8.72. The molecule has 152 valence electrons. The number of benzene rings is 1. The lowest BCUT2D eigenvalue weighted by Crippen LogP contribution is -2.51. The highest BCUT2D eigenvalue weighted by molar-refractivity contribution is 14.0. The minimum absolute atomic E-state index is 0. The minimum Gasteiger partial charge on any atom is -0.484 e. The average molecular weight is 506 g/mol. The number of hydrogen-bond donors (Lipinski definition) is 2. The van der Waals surface area contributed by atoms with Gasteiger partial charge in [-0.3, -0.25) is 9.79 Å². The van der Waals surface area contributed by atoms with Gasteiger partial charge in [0, 0.05) is 36.7 Å². The van der Waals surface area contributed by atoms with E-state index in [1.165, 1.54) is 5.56 Å². The van der Waals surface area contributed by atoms with Gasteiger partial charge in [0.1, 0.15) is 5.75 Å². The lowest BCUT2D eigenvalue weighted by atomic mass is 10.1. The van der Waals surface area contributed by atoms with Crippen molar-refractivity contribution in [1.82, 2.24) is 10.2 Å². The Hall–Kier alpha value is -1.16. The molecule has 1 amide bonds. The smallest absolute Gasteiger partial charge is 0.255 e. The van der Waals surface area contributed by atoms with E-state index < -0.39 is 5.91 Å². The zero-order valence-corrected chi connectivity index (χ0v) is 19.5. The van der Waals surface area contributed by atoms with Crippen LogP contribution in [-0.4, -0.2) is 60.1 Å². The third-order valence-electron chi connectivity index (χ3n) is 4.03. The first-order chi connectivity index (χ1) is 12.4. The van der Waals surface area contributed by atoms with Gasteiger partial charge in [-0.15, -0.1) is 24.0 Å². The molecule has 0 aromatic heterocycles. The van der Waals surface area contributed by atoms with Gasteiger partial charge in [-0.2, -0.15) is 11.8 Å². The Morgan fingerprint density at radius 1 is 1.37 bits per heavy atom. The Kier molecular flexibility index (Phi) is 10.3. The van der Waals surface area contributed by atoms with Crippen molar-refractivity contribution in [3.8, 4) is 5.75 Å². The number of guanidine groups is 1. The largest absolute Gasteiger partial charge is 0.484 e. The van der Waals surface area contributed by atoms with Crippen LogP contribution in [0.25, 0.3) is 0 Å². The molecule has 0 spiro atoms. The number of primary amides is 1. The number of halogens is 1. The van der Waals surface area contributed by atoms with E-state index in [0.717, 1.165) is 44.3 Å². The lowest BCUT2D eigenvalue weighted by molar-refractivity contribution is -0.119. The molecule has 1 saturated heterocycles.